The molecule has 146 valence electrons. The minimum absolute atomic E-state index is 0.141. The highest BCUT2D eigenvalue weighted by molar-refractivity contribution is 7.98. The summed E-state index contributed by atoms with van der Waals surface area (Å²) >= 11 is 1.58. The number of furan rings is 1. The van der Waals surface area contributed by atoms with Gasteiger partial charge in [0.1, 0.15) is 11.8 Å². The summed E-state index contributed by atoms with van der Waals surface area (Å²) in [6.45, 7) is 0. The van der Waals surface area contributed by atoms with Crippen molar-refractivity contribution < 1.29 is 17.6 Å². The van der Waals surface area contributed by atoms with Crippen LogP contribution in [0, 0.1) is 0 Å². The lowest BCUT2D eigenvalue weighted by Gasteiger charge is -2.26. The summed E-state index contributed by atoms with van der Waals surface area (Å²) in [5.41, 5.74) is 0.990. The lowest BCUT2D eigenvalue weighted by Crippen LogP contribution is -2.48. The number of fused-ring (bicyclic) bond motifs is 1. The number of hydrogen-bond acceptors (Lipinski definition) is 5. The second-order valence-electron chi connectivity index (χ2n) is 6.52. The molecule has 0 radical (unpaired) electrons. The van der Waals surface area contributed by atoms with Crippen molar-refractivity contribution in [2.45, 2.75) is 42.7 Å². The number of carbonyl (C=O) groups excluding carboxylic acids is 1. The third kappa shape index (κ3) is 4.94. The van der Waals surface area contributed by atoms with Crippen molar-refractivity contribution in [3.05, 3.63) is 54.0 Å². The number of sulfonamides is 1. The molecule has 6 nitrogen and oxygen atoms in total. The Bertz CT molecular complexity index is 865. The van der Waals surface area contributed by atoms with E-state index in [1.807, 2.05) is 12.3 Å². The fraction of sp³-hybridized carbons (Fsp3) is 0.421. The number of benzene rings is 1. The lowest BCUT2D eigenvalue weighted by atomic mass is 9.93. The van der Waals surface area contributed by atoms with Crippen LogP contribution in [-0.2, 0) is 21.2 Å². The predicted molar refractivity (Wildman–Crippen MR) is 106 cm³/mol. The zero-order chi connectivity index (χ0) is 19.3. The second-order valence-corrected chi connectivity index (χ2v) is 9.22. The summed E-state index contributed by atoms with van der Waals surface area (Å²) in [5.74, 6) is 1.27. The number of thioether (sulfide) groups is 1. The van der Waals surface area contributed by atoms with Gasteiger partial charge in [0.25, 0.3) is 0 Å². The Balaban J connectivity index is 1.74. The van der Waals surface area contributed by atoms with E-state index in [0.717, 1.165) is 30.6 Å². The van der Waals surface area contributed by atoms with Gasteiger partial charge in [-0.2, -0.15) is 16.5 Å². The normalized spacial score (nSPS) is 17.9. The van der Waals surface area contributed by atoms with Gasteiger partial charge in [-0.1, -0.05) is 18.2 Å². The molecule has 2 atom stereocenters. The molecule has 0 aliphatic heterocycles. The van der Waals surface area contributed by atoms with Crippen LogP contribution in [0.1, 0.15) is 36.6 Å². The first-order valence-electron chi connectivity index (χ1n) is 8.94. The minimum Gasteiger partial charge on any atom is -0.469 e. The smallest absolute Gasteiger partial charge is 0.241 e. The number of carbonyl (C=O) groups is 1. The summed E-state index contributed by atoms with van der Waals surface area (Å²) in [6, 6.07) is 9.03. The molecule has 2 aromatic rings. The zero-order valence-electron chi connectivity index (χ0n) is 15.2. The van der Waals surface area contributed by atoms with E-state index < -0.39 is 16.1 Å². The molecular formula is C19H24N2O4S2. The highest BCUT2D eigenvalue weighted by Gasteiger charge is 2.29. The van der Waals surface area contributed by atoms with Crippen LogP contribution in [0.15, 0.2) is 52.0 Å². The number of nitrogens with one attached hydrogen (secondary N) is 2. The van der Waals surface area contributed by atoms with Crippen molar-refractivity contribution in [2.75, 3.05) is 12.0 Å². The highest BCUT2D eigenvalue weighted by Crippen LogP contribution is 2.30. The Morgan fingerprint density at radius 1 is 1.30 bits per heavy atom. The third-order valence-electron chi connectivity index (χ3n) is 4.65. The van der Waals surface area contributed by atoms with E-state index in [4.69, 9.17) is 4.42 Å². The maximum Gasteiger partial charge on any atom is 0.241 e. The first kappa shape index (κ1) is 20.0. The van der Waals surface area contributed by atoms with Crippen LogP contribution >= 0.6 is 11.8 Å². The van der Waals surface area contributed by atoms with E-state index >= 15 is 0 Å². The van der Waals surface area contributed by atoms with Gasteiger partial charge in [0, 0.05) is 12.0 Å². The Morgan fingerprint density at radius 3 is 2.81 bits per heavy atom. The van der Waals surface area contributed by atoms with Crippen LogP contribution in [0.3, 0.4) is 0 Å². The van der Waals surface area contributed by atoms with Gasteiger partial charge >= 0.3 is 0 Å². The molecule has 27 heavy (non-hydrogen) atoms. The van der Waals surface area contributed by atoms with E-state index in [9.17, 15) is 13.2 Å². The fourth-order valence-corrected chi connectivity index (χ4v) is 4.97. The van der Waals surface area contributed by atoms with Gasteiger partial charge in [-0.3, -0.25) is 4.79 Å². The quantitative estimate of drug-likeness (QED) is 0.701. The molecule has 1 amide bonds. The molecule has 1 aromatic heterocycles. The molecule has 0 spiro atoms. The van der Waals surface area contributed by atoms with Crippen LogP contribution in [0.25, 0.3) is 0 Å². The average molecular weight is 409 g/mol. The van der Waals surface area contributed by atoms with Crippen LogP contribution in [-0.4, -0.2) is 32.4 Å². The monoisotopic (exact) mass is 408 g/mol. The largest absolute Gasteiger partial charge is 0.469 e. The number of aryl methyl sites for hydroxylation is 1. The fourth-order valence-electron chi connectivity index (χ4n) is 3.24. The van der Waals surface area contributed by atoms with Crippen LogP contribution < -0.4 is 10.0 Å². The predicted octanol–water partition coefficient (Wildman–Crippen LogP) is 2.87. The zero-order valence-corrected chi connectivity index (χ0v) is 16.8. The molecule has 0 saturated heterocycles. The highest BCUT2D eigenvalue weighted by atomic mass is 32.2. The van der Waals surface area contributed by atoms with Gasteiger partial charge in [0.2, 0.25) is 15.9 Å². The topological polar surface area (TPSA) is 88.4 Å². The maximum atomic E-state index is 12.9. The van der Waals surface area contributed by atoms with Crippen molar-refractivity contribution in [3.8, 4) is 0 Å². The minimum atomic E-state index is -3.76. The van der Waals surface area contributed by atoms with Gasteiger partial charge in [-0.15, -0.1) is 0 Å². The molecule has 1 aliphatic carbocycles. The van der Waals surface area contributed by atoms with Gasteiger partial charge in [0.05, 0.1) is 17.2 Å². The Kier molecular flexibility index (Phi) is 6.62. The lowest BCUT2D eigenvalue weighted by molar-refractivity contribution is -0.123. The molecular weight excluding hydrogens is 384 g/mol. The van der Waals surface area contributed by atoms with Gasteiger partial charge in [-0.25, -0.2) is 8.42 Å². The van der Waals surface area contributed by atoms with Crippen LogP contribution in [0.5, 0.6) is 0 Å². The van der Waals surface area contributed by atoms with E-state index in [1.54, 1.807) is 36.2 Å². The summed E-state index contributed by atoms with van der Waals surface area (Å²) in [4.78, 5) is 13.0. The molecule has 3 rings (SSSR count). The van der Waals surface area contributed by atoms with Crippen molar-refractivity contribution in [1.29, 1.82) is 0 Å². The number of hydrogen-bond donors (Lipinski definition) is 2. The Labute approximate surface area is 164 Å². The molecule has 1 heterocycles. The van der Waals surface area contributed by atoms with E-state index in [0.29, 0.717) is 12.2 Å². The third-order valence-corrected chi connectivity index (χ3v) is 6.78. The van der Waals surface area contributed by atoms with E-state index in [-0.39, 0.29) is 16.8 Å². The first-order valence-corrected chi connectivity index (χ1v) is 11.8. The van der Waals surface area contributed by atoms with E-state index in [1.165, 1.54) is 12.1 Å². The Hall–Kier alpha value is -1.77. The van der Waals surface area contributed by atoms with Crippen molar-refractivity contribution >= 4 is 27.7 Å². The molecule has 1 aromatic carbocycles. The summed E-state index contributed by atoms with van der Waals surface area (Å²) in [7, 11) is -3.76. The number of rotatable bonds is 8. The van der Waals surface area contributed by atoms with Crippen molar-refractivity contribution in [3.63, 3.8) is 0 Å². The van der Waals surface area contributed by atoms with Crippen molar-refractivity contribution in [2.24, 2.45) is 0 Å². The van der Waals surface area contributed by atoms with Gasteiger partial charge in [0.15, 0.2) is 0 Å². The molecule has 1 aliphatic rings. The first-order chi connectivity index (χ1) is 13.0. The van der Waals surface area contributed by atoms with Crippen molar-refractivity contribution in [1.82, 2.24) is 10.0 Å². The van der Waals surface area contributed by atoms with E-state index in [2.05, 4.69) is 10.0 Å². The van der Waals surface area contributed by atoms with Crippen LogP contribution in [0.4, 0.5) is 0 Å². The SMILES string of the molecule is CSCCC(NS(=O)(=O)c1ccccc1)C(=O)NC1CCCc2occc21. The summed E-state index contributed by atoms with van der Waals surface area (Å²) in [5, 5.41) is 3.01. The molecule has 8 heteroatoms. The summed E-state index contributed by atoms with van der Waals surface area (Å²) < 4.78 is 33.3. The molecule has 0 fully saturated rings. The van der Waals surface area contributed by atoms with Gasteiger partial charge in [-0.05, 0) is 49.5 Å². The maximum absolute atomic E-state index is 12.9. The average Bonchev–Trinajstić information content (AvgIpc) is 3.15. The second kappa shape index (κ2) is 8.95. The number of amides is 1. The van der Waals surface area contributed by atoms with Crippen LogP contribution in [0.2, 0.25) is 0 Å². The molecule has 2 unspecified atom stereocenters. The van der Waals surface area contributed by atoms with Gasteiger partial charge < -0.3 is 9.73 Å². The summed E-state index contributed by atoms with van der Waals surface area (Å²) in [6.07, 6.45) is 6.60. The molecule has 0 bridgehead atoms. The molecule has 0 saturated carbocycles. The molecule has 2 N–H and O–H groups in total. The Morgan fingerprint density at radius 2 is 2.07 bits per heavy atom. The standard InChI is InChI=1S/C19H24N2O4S2/c1-26-13-11-17(21-27(23,24)14-6-3-2-4-7-14)19(22)20-16-8-5-9-18-15(16)10-12-25-18/h2-4,6-7,10,12,16-17,21H,5,8-9,11,13H2,1H3,(H,20,22).